The molecule has 2 aromatic heterocycles. The maximum atomic E-state index is 12.8. The molecule has 1 aromatic carbocycles. The van der Waals surface area contributed by atoms with Crippen LogP contribution in [0.1, 0.15) is 18.1 Å². The van der Waals surface area contributed by atoms with Crippen LogP contribution in [-0.2, 0) is 0 Å². The number of fused-ring (bicyclic) bond motifs is 1. The van der Waals surface area contributed by atoms with E-state index >= 15 is 0 Å². The lowest BCUT2D eigenvalue weighted by molar-refractivity contribution is 0.184. The number of aromatic nitrogens is 3. The monoisotopic (exact) mass is 398 g/mol. The van der Waals surface area contributed by atoms with E-state index in [1.165, 1.54) is 11.1 Å². The zero-order valence-corrected chi connectivity index (χ0v) is 16.9. The van der Waals surface area contributed by atoms with Gasteiger partial charge in [0.1, 0.15) is 5.82 Å². The standard InChI is InChI=1S/C20H23ClN6O/c1-12-9-16-17(10-13(12)2)24-19(23-16)25-20(28)27-8-7-26(11-14(27)3)18-15(21)5-4-6-22-18/h4-6,9-10,14H,7-8,11H2,1-3H3,(H2,23,24,25,28)/t14-/m0/s1. The number of aryl methyl sites for hydroxylation is 2. The molecule has 7 nitrogen and oxygen atoms in total. The molecule has 146 valence electrons. The molecule has 28 heavy (non-hydrogen) atoms. The third-order valence-electron chi connectivity index (χ3n) is 5.25. The molecule has 2 amide bonds. The average Bonchev–Trinajstić information content (AvgIpc) is 3.03. The van der Waals surface area contributed by atoms with Gasteiger partial charge >= 0.3 is 6.03 Å². The molecule has 1 saturated heterocycles. The minimum atomic E-state index is -0.160. The minimum Gasteiger partial charge on any atom is -0.352 e. The van der Waals surface area contributed by atoms with Crippen molar-refractivity contribution in [3.63, 3.8) is 0 Å². The van der Waals surface area contributed by atoms with Crippen molar-refractivity contribution in [2.24, 2.45) is 0 Å². The highest BCUT2D eigenvalue weighted by atomic mass is 35.5. The molecule has 0 radical (unpaired) electrons. The number of nitrogens with one attached hydrogen (secondary N) is 2. The van der Waals surface area contributed by atoms with Crippen LogP contribution in [0.3, 0.4) is 0 Å². The van der Waals surface area contributed by atoms with Crippen LogP contribution in [0.15, 0.2) is 30.5 Å². The van der Waals surface area contributed by atoms with E-state index in [0.29, 0.717) is 30.6 Å². The summed E-state index contributed by atoms with van der Waals surface area (Å²) in [6.07, 6.45) is 1.73. The lowest BCUT2D eigenvalue weighted by Crippen LogP contribution is -2.55. The zero-order valence-electron chi connectivity index (χ0n) is 16.2. The van der Waals surface area contributed by atoms with E-state index in [9.17, 15) is 4.79 Å². The van der Waals surface area contributed by atoms with Crippen LogP contribution in [0.4, 0.5) is 16.6 Å². The van der Waals surface area contributed by atoms with E-state index in [-0.39, 0.29) is 12.1 Å². The Morgan fingerprint density at radius 3 is 2.82 bits per heavy atom. The highest BCUT2D eigenvalue weighted by Crippen LogP contribution is 2.25. The number of piperazine rings is 1. The van der Waals surface area contributed by atoms with Crippen molar-refractivity contribution in [2.75, 3.05) is 29.9 Å². The van der Waals surface area contributed by atoms with Crippen molar-refractivity contribution in [2.45, 2.75) is 26.8 Å². The molecule has 1 aliphatic rings. The molecule has 0 bridgehead atoms. The number of aromatic amines is 1. The predicted molar refractivity (Wildman–Crippen MR) is 112 cm³/mol. The summed E-state index contributed by atoms with van der Waals surface area (Å²) in [4.78, 5) is 28.8. The van der Waals surface area contributed by atoms with E-state index in [2.05, 4.69) is 39.0 Å². The number of benzene rings is 1. The van der Waals surface area contributed by atoms with Gasteiger partial charge in [-0.3, -0.25) is 5.32 Å². The third-order valence-corrected chi connectivity index (χ3v) is 5.54. The first-order valence-electron chi connectivity index (χ1n) is 9.32. The number of H-pyrrole nitrogens is 1. The zero-order chi connectivity index (χ0) is 19.8. The molecule has 1 aliphatic heterocycles. The third kappa shape index (κ3) is 3.49. The Morgan fingerprint density at radius 1 is 1.29 bits per heavy atom. The van der Waals surface area contributed by atoms with Crippen LogP contribution in [-0.4, -0.2) is 51.6 Å². The Labute approximate surface area is 168 Å². The quantitative estimate of drug-likeness (QED) is 0.684. The van der Waals surface area contributed by atoms with Gasteiger partial charge in [-0.2, -0.15) is 0 Å². The number of imidazole rings is 1. The molecular weight excluding hydrogens is 376 g/mol. The second-order valence-electron chi connectivity index (χ2n) is 7.27. The maximum Gasteiger partial charge on any atom is 0.324 e. The van der Waals surface area contributed by atoms with Gasteiger partial charge in [0, 0.05) is 31.9 Å². The molecule has 3 aromatic rings. The van der Waals surface area contributed by atoms with Gasteiger partial charge in [-0.05, 0) is 56.2 Å². The van der Waals surface area contributed by atoms with Crippen LogP contribution in [0.5, 0.6) is 0 Å². The molecule has 1 atom stereocenters. The first-order valence-corrected chi connectivity index (χ1v) is 9.70. The molecule has 2 N–H and O–H groups in total. The topological polar surface area (TPSA) is 77.2 Å². The maximum absolute atomic E-state index is 12.8. The lowest BCUT2D eigenvalue weighted by Gasteiger charge is -2.40. The number of carbonyl (C=O) groups excluding carboxylic acids is 1. The number of carbonyl (C=O) groups is 1. The number of rotatable bonds is 2. The summed E-state index contributed by atoms with van der Waals surface area (Å²) < 4.78 is 0. The van der Waals surface area contributed by atoms with E-state index in [4.69, 9.17) is 11.6 Å². The van der Waals surface area contributed by atoms with Crippen molar-refractivity contribution in [1.82, 2.24) is 19.9 Å². The smallest absolute Gasteiger partial charge is 0.324 e. The van der Waals surface area contributed by atoms with Crippen molar-refractivity contribution < 1.29 is 4.79 Å². The number of halogens is 1. The molecule has 8 heteroatoms. The van der Waals surface area contributed by atoms with Gasteiger partial charge < -0.3 is 14.8 Å². The highest BCUT2D eigenvalue weighted by molar-refractivity contribution is 6.32. The highest BCUT2D eigenvalue weighted by Gasteiger charge is 2.29. The molecule has 0 unspecified atom stereocenters. The van der Waals surface area contributed by atoms with Crippen LogP contribution >= 0.6 is 11.6 Å². The van der Waals surface area contributed by atoms with Crippen LogP contribution < -0.4 is 10.2 Å². The summed E-state index contributed by atoms with van der Waals surface area (Å²) in [6, 6.07) is 7.57. The van der Waals surface area contributed by atoms with Crippen molar-refractivity contribution >= 4 is 40.4 Å². The summed E-state index contributed by atoms with van der Waals surface area (Å²) in [5.74, 6) is 1.23. The number of pyridine rings is 1. The molecule has 4 rings (SSSR count). The van der Waals surface area contributed by atoms with Crippen molar-refractivity contribution in [3.8, 4) is 0 Å². The van der Waals surface area contributed by atoms with E-state index < -0.39 is 0 Å². The second-order valence-corrected chi connectivity index (χ2v) is 7.67. The molecule has 1 fully saturated rings. The number of anilines is 2. The van der Waals surface area contributed by atoms with Gasteiger partial charge in [-0.25, -0.2) is 14.8 Å². The number of nitrogens with zero attached hydrogens (tertiary/aromatic N) is 4. The molecule has 0 aliphatic carbocycles. The van der Waals surface area contributed by atoms with E-state index in [0.717, 1.165) is 16.9 Å². The van der Waals surface area contributed by atoms with Crippen LogP contribution in [0.25, 0.3) is 11.0 Å². The summed E-state index contributed by atoms with van der Waals surface area (Å²) in [6.45, 7) is 8.06. The molecular formula is C20H23ClN6O. The summed E-state index contributed by atoms with van der Waals surface area (Å²) in [5.41, 5.74) is 4.13. The molecule has 3 heterocycles. The first kappa shape index (κ1) is 18.6. The normalized spacial score (nSPS) is 17.2. The fourth-order valence-electron chi connectivity index (χ4n) is 3.56. The number of amides is 2. The van der Waals surface area contributed by atoms with Crippen molar-refractivity contribution in [3.05, 3.63) is 46.6 Å². The molecule has 0 saturated carbocycles. The number of hydrogen-bond acceptors (Lipinski definition) is 4. The van der Waals surface area contributed by atoms with Crippen LogP contribution in [0.2, 0.25) is 5.02 Å². The Hall–Kier alpha value is -2.80. The molecule has 0 spiro atoms. The van der Waals surface area contributed by atoms with Gasteiger partial charge in [-0.15, -0.1) is 0 Å². The fraction of sp³-hybridized carbons (Fsp3) is 0.350. The predicted octanol–water partition coefficient (Wildman–Crippen LogP) is 3.97. The fourth-order valence-corrected chi connectivity index (χ4v) is 3.80. The number of urea groups is 1. The first-order chi connectivity index (χ1) is 13.4. The summed E-state index contributed by atoms with van der Waals surface area (Å²) in [7, 11) is 0. The Bertz CT molecular complexity index is 994. The lowest BCUT2D eigenvalue weighted by atomic mass is 10.1. The van der Waals surface area contributed by atoms with E-state index in [1.807, 2.05) is 36.1 Å². The Kier molecular flexibility index (Phi) is 4.85. The Morgan fingerprint density at radius 2 is 2.07 bits per heavy atom. The van der Waals surface area contributed by atoms with E-state index in [1.54, 1.807) is 6.20 Å². The van der Waals surface area contributed by atoms with Gasteiger partial charge in [0.05, 0.1) is 16.1 Å². The SMILES string of the molecule is Cc1cc2nc(NC(=O)N3CCN(c4ncccc4Cl)C[C@@H]3C)[nH]c2cc1C. The minimum absolute atomic E-state index is 0.0145. The second kappa shape index (κ2) is 7.31. The Balaban J connectivity index is 1.45. The largest absolute Gasteiger partial charge is 0.352 e. The van der Waals surface area contributed by atoms with Crippen molar-refractivity contribution in [1.29, 1.82) is 0 Å². The van der Waals surface area contributed by atoms with Gasteiger partial charge in [0.2, 0.25) is 5.95 Å². The number of hydrogen-bond donors (Lipinski definition) is 2. The summed E-state index contributed by atoms with van der Waals surface area (Å²) in [5, 5.41) is 3.52. The van der Waals surface area contributed by atoms with Crippen LogP contribution in [0, 0.1) is 13.8 Å². The average molecular weight is 399 g/mol. The van der Waals surface area contributed by atoms with Gasteiger partial charge in [-0.1, -0.05) is 11.6 Å². The summed E-state index contributed by atoms with van der Waals surface area (Å²) >= 11 is 6.26. The van der Waals surface area contributed by atoms with Gasteiger partial charge in [0.25, 0.3) is 0 Å². The van der Waals surface area contributed by atoms with Gasteiger partial charge in [0.15, 0.2) is 0 Å².